The van der Waals surface area contributed by atoms with Gasteiger partial charge in [-0.1, -0.05) is 26.3 Å². The Hall–Kier alpha value is -1.51. The standard InChI is InChI=1S/C16H23NO2/c1-11-6-4-7-12(2)15(11)17-14-9-5-8-13(10-14)16(18)19-3/h5,8-12,15,17H,4,6-7H2,1-3H3. The number of esters is 1. The third kappa shape index (κ3) is 3.28. The number of hydrogen-bond donors (Lipinski definition) is 1. The molecule has 0 saturated heterocycles. The number of ether oxygens (including phenoxy) is 1. The third-order valence-corrected chi connectivity index (χ3v) is 4.16. The van der Waals surface area contributed by atoms with E-state index in [2.05, 4.69) is 19.2 Å². The van der Waals surface area contributed by atoms with Crippen LogP contribution in [0.2, 0.25) is 0 Å². The molecule has 1 aliphatic carbocycles. The van der Waals surface area contributed by atoms with Gasteiger partial charge in [0.05, 0.1) is 12.7 Å². The van der Waals surface area contributed by atoms with E-state index in [9.17, 15) is 4.79 Å². The molecule has 0 aliphatic heterocycles. The van der Waals surface area contributed by atoms with Crippen molar-refractivity contribution >= 4 is 11.7 Å². The first kappa shape index (κ1) is 13.9. The van der Waals surface area contributed by atoms with Crippen LogP contribution >= 0.6 is 0 Å². The van der Waals surface area contributed by atoms with Crippen molar-refractivity contribution in [3.8, 4) is 0 Å². The highest BCUT2D eigenvalue weighted by molar-refractivity contribution is 5.90. The maximum Gasteiger partial charge on any atom is 0.337 e. The molecule has 0 bridgehead atoms. The fraction of sp³-hybridized carbons (Fsp3) is 0.562. The number of rotatable bonds is 3. The summed E-state index contributed by atoms with van der Waals surface area (Å²) in [6.07, 6.45) is 3.88. The molecular weight excluding hydrogens is 238 g/mol. The minimum atomic E-state index is -0.284. The van der Waals surface area contributed by atoms with E-state index in [1.54, 1.807) is 6.07 Å². The minimum absolute atomic E-state index is 0.284. The molecule has 2 atom stereocenters. The monoisotopic (exact) mass is 261 g/mol. The largest absolute Gasteiger partial charge is 0.465 e. The lowest BCUT2D eigenvalue weighted by atomic mass is 9.78. The first-order valence-corrected chi connectivity index (χ1v) is 7.06. The lowest BCUT2D eigenvalue weighted by Crippen LogP contribution is -2.37. The zero-order chi connectivity index (χ0) is 13.8. The van der Waals surface area contributed by atoms with E-state index in [0.29, 0.717) is 23.4 Å². The van der Waals surface area contributed by atoms with Gasteiger partial charge in [-0.05, 0) is 42.9 Å². The fourth-order valence-corrected chi connectivity index (χ4v) is 3.01. The van der Waals surface area contributed by atoms with Crippen LogP contribution in [0.5, 0.6) is 0 Å². The molecule has 3 heteroatoms. The van der Waals surface area contributed by atoms with Crippen LogP contribution in [0.3, 0.4) is 0 Å². The van der Waals surface area contributed by atoms with E-state index in [4.69, 9.17) is 4.74 Å². The summed E-state index contributed by atoms with van der Waals surface area (Å²) in [6, 6.07) is 8.05. The number of anilines is 1. The van der Waals surface area contributed by atoms with Gasteiger partial charge in [0.15, 0.2) is 0 Å². The molecule has 0 radical (unpaired) electrons. The Morgan fingerprint density at radius 2 is 1.95 bits per heavy atom. The maximum absolute atomic E-state index is 11.5. The van der Waals surface area contributed by atoms with Gasteiger partial charge in [-0.3, -0.25) is 0 Å². The quantitative estimate of drug-likeness (QED) is 0.843. The smallest absolute Gasteiger partial charge is 0.337 e. The zero-order valence-corrected chi connectivity index (χ0v) is 12.0. The predicted octanol–water partition coefficient (Wildman–Crippen LogP) is 3.71. The summed E-state index contributed by atoms with van der Waals surface area (Å²) in [4.78, 5) is 11.5. The van der Waals surface area contributed by atoms with Crippen molar-refractivity contribution in [2.75, 3.05) is 12.4 Å². The van der Waals surface area contributed by atoms with Crippen LogP contribution < -0.4 is 5.32 Å². The van der Waals surface area contributed by atoms with Crippen molar-refractivity contribution in [2.24, 2.45) is 11.8 Å². The van der Waals surface area contributed by atoms with Gasteiger partial charge in [-0.15, -0.1) is 0 Å². The molecule has 1 N–H and O–H groups in total. The molecule has 19 heavy (non-hydrogen) atoms. The Labute approximate surface area is 115 Å². The van der Waals surface area contributed by atoms with Crippen molar-refractivity contribution in [2.45, 2.75) is 39.2 Å². The van der Waals surface area contributed by atoms with Crippen molar-refractivity contribution < 1.29 is 9.53 Å². The van der Waals surface area contributed by atoms with Crippen molar-refractivity contribution in [1.82, 2.24) is 0 Å². The number of carbonyl (C=O) groups excluding carboxylic acids is 1. The highest BCUT2D eigenvalue weighted by Crippen LogP contribution is 2.31. The van der Waals surface area contributed by atoms with Gasteiger partial charge in [0.1, 0.15) is 0 Å². The Kier molecular flexibility index (Phi) is 4.46. The van der Waals surface area contributed by atoms with Crippen LogP contribution in [-0.2, 0) is 4.74 Å². The summed E-state index contributed by atoms with van der Waals surface area (Å²) >= 11 is 0. The summed E-state index contributed by atoms with van der Waals surface area (Å²) in [6.45, 7) is 4.61. The average Bonchev–Trinajstić information content (AvgIpc) is 2.42. The molecule has 3 nitrogen and oxygen atoms in total. The Morgan fingerprint density at radius 1 is 1.26 bits per heavy atom. The van der Waals surface area contributed by atoms with Gasteiger partial charge in [0.25, 0.3) is 0 Å². The highest BCUT2D eigenvalue weighted by atomic mass is 16.5. The van der Waals surface area contributed by atoms with Gasteiger partial charge >= 0.3 is 5.97 Å². The Balaban J connectivity index is 2.12. The summed E-state index contributed by atoms with van der Waals surface area (Å²) in [5.74, 6) is 1.06. The number of methoxy groups -OCH3 is 1. The summed E-state index contributed by atoms with van der Waals surface area (Å²) in [5.41, 5.74) is 1.61. The van der Waals surface area contributed by atoms with Crippen LogP contribution in [0, 0.1) is 11.8 Å². The summed E-state index contributed by atoms with van der Waals surface area (Å²) in [5, 5.41) is 3.59. The molecule has 1 aromatic rings. The lowest BCUT2D eigenvalue weighted by molar-refractivity contribution is 0.0601. The van der Waals surface area contributed by atoms with Crippen molar-refractivity contribution in [1.29, 1.82) is 0 Å². The van der Waals surface area contributed by atoms with Crippen molar-refractivity contribution in [3.05, 3.63) is 29.8 Å². The van der Waals surface area contributed by atoms with E-state index in [0.717, 1.165) is 5.69 Å². The molecule has 2 rings (SSSR count). The number of benzene rings is 1. The van der Waals surface area contributed by atoms with Gasteiger partial charge in [0, 0.05) is 11.7 Å². The first-order valence-electron chi connectivity index (χ1n) is 7.06. The average molecular weight is 261 g/mol. The molecule has 2 unspecified atom stereocenters. The van der Waals surface area contributed by atoms with Gasteiger partial charge < -0.3 is 10.1 Å². The Bertz CT molecular complexity index is 434. The fourth-order valence-electron chi connectivity index (χ4n) is 3.01. The number of carbonyl (C=O) groups is 1. The molecule has 0 amide bonds. The molecule has 1 aliphatic rings. The number of hydrogen-bond acceptors (Lipinski definition) is 3. The van der Waals surface area contributed by atoms with Crippen LogP contribution in [0.25, 0.3) is 0 Å². The zero-order valence-electron chi connectivity index (χ0n) is 12.0. The summed E-state index contributed by atoms with van der Waals surface area (Å²) < 4.78 is 4.76. The molecule has 0 spiro atoms. The lowest BCUT2D eigenvalue weighted by Gasteiger charge is -2.36. The highest BCUT2D eigenvalue weighted by Gasteiger charge is 2.27. The van der Waals surface area contributed by atoms with E-state index in [1.807, 2.05) is 18.2 Å². The first-order chi connectivity index (χ1) is 9.11. The van der Waals surface area contributed by atoms with Crippen LogP contribution in [0.1, 0.15) is 43.5 Å². The predicted molar refractivity (Wildman–Crippen MR) is 77.4 cm³/mol. The Morgan fingerprint density at radius 3 is 2.58 bits per heavy atom. The van der Waals surface area contributed by atoms with E-state index in [-0.39, 0.29) is 5.97 Å². The van der Waals surface area contributed by atoms with Gasteiger partial charge in [-0.25, -0.2) is 4.79 Å². The molecular formula is C16H23NO2. The normalized spacial score (nSPS) is 26.8. The molecule has 0 aromatic heterocycles. The molecule has 0 heterocycles. The van der Waals surface area contributed by atoms with Gasteiger partial charge in [-0.2, -0.15) is 0 Å². The molecule has 104 valence electrons. The SMILES string of the molecule is COC(=O)c1cccc(NC2C(C)CCCC2C)c1. The van der Waals surface area contributed by atoms with E-state index in [1.165, 1.54) is 26.4 Å². The maximum atomic E-state index is 11.5. The topological polar surface area (TPSA) is 38.3 Å². The summed E-state index contributed by atoms with van der Waals surface area (Å²) in [7, 11) is 1.41. The molecule has 1 fully saturated rings. The van der Waals surface area contributed by atoms with Crippen LogP contribution in [0.15, 0.2) is 24.3 Å². The van der Waals surface area contributed by atoms with Crippen LogP contribution in [0.4, 0.5) is 5.69 Å². The van der Waals surface area contributed by atoms with Crippen molar-refractivity contribution in [3.63, 3.8) is 0 Å². The van der Waals surface area contributed by atoms with Crippen LogP contribution in [-0.4, -0.2) is 19.1 Å². The van der Waals surface area contributed by atoms with E-state index < -0.39 is 0 Å². The van der Waals surface area contributed by atoms with E-state index >= 15 is 0 Å². The number of nitrogens with one attached hydrogen (secondary N) is 1. The second-order valence-corrected chi connectivity index (χ2v) is 5.63. The van der Waals surface area contributed by atoms with Gasteiger partial charge in [0.2, 0.25) is 0 Å². The second-order valence-electron chi connectivity index (χ2n) is 5.63. The molecule has 1 saturated carbocycles. The minimum Gasteiger partial charge on any atom is -0.465 e. The molecule has 1 aromatic carbocycles. The third-order valence-electron chi connectivity index (χ3n) is 4.16. The second kappa shape index (κ2) is 6.09.